The third kappa shape index (κ3) is 5.29. The smallest absolute Gasteiger partial charge is 0.357 e. The van der Waals surface area contributed by atoms with Crippen LogP contribution in [0.25, 0.3) is 28.1 Å². The van der Waals surface area contributed by atoms with Gasteiger partial charge in [-0.2, -0.15) is 5.10 Å². The number of carbonyl (C=O) groups excluding carboxylic acids is 2. The lowest BCUT2D eigenvalue weighted by atomic mass is 9.95. The molecule has 1 aromatic heterocycles. The van der Waals surface area contributed by atoms with Gasteiger partial charge in [0.15, 0.2) is 5.69 Å². The number of ether oxygens (including phenoxy) is 3. The molecule has 0 amide bonds. The van der Waals surface area contributed by atoms with Crippen LogP contribution in [0.15, 0.2) is 109 Å². The quantitative estimate of drug-likeness (QED) is 0.223. The topological polar surface area (TPSA) is 79.7 Å². The van der Waals surface area contributed by atoms with Crippen LogP contribution >= 0.6 is 0 Å². The maximum atomic E-state index is 13.1. The Morgan fingerprint density at radius 3 is 1.92 bits per heavy atom. The highest BCUT2D eigenvalue weighted by molar-refractivity contribution is 6.07. The average molecular weight is 519 g/mol. The normalized spacial score (nSPS) is 10.6. The SMILES string of the molecule is COC(=O)c1c(-c2ccccc2-c2ccc(OCc3ccccc3)cc2)nn(-c2ccccc2)c1C(=O)OC. The summed E-state index contributed by atoms with van der Waals surface area (Å²) in [6, 6.07) is 34.3. The molecule has 4 aromatic carbocycles. The Balaban J connectivity index is 1.59. The van der Waals surface area contributed by atoms with Gasteiger partial charge in [0.25, 0.3) is 0 Å². The van der Waals surface area contributed by atoms with Gasteiger partial charge < -0.3 is 14.2 Å². The van der Waals surface area contributed by atoms with Crippen LogP contribution in [-0.4, -0.2) is 35.9 Å². The number of methoxy groups -OCH3 is 2. The monoisotopic (exact) mass is 518 g/mol. The second-order valence-electron chi connectivity index (χ2n) is 8.65. The maximum Gasteiger partial charge on any atom is 0.357 e. The fourth-order valence-corrected chi connectivity index (χ4v) is 4.36. The number of rotatable bonds is 8. The van der Waals surface area contributed by atoms with Crippen LogP contribution in [-0.2, 0) is 16.1 Å². The minimum absolute atomic E-state index is 0.00925. The molecule has 0 aliphatic rings. The van der Waals surface area contributed by atoms with Crippen molar-refractivity contribution in [1.29, 1.82) is 0 Å². The van der Waals surface area contributed by atoms with Gasteiger partial charge in [-0.3, -0.25) is 0 Å². The molecule has 0 aliphatic carbocycles. The second-order valence-corrected chi connectivity index (χ2v) is 8.65. The fraction of sp³-hybridized carbons (Fsp3) is 0.0938. The molecule has 1 heterocycles. The van der Waals surface area contributed by atoms with E-state index in [2.05, 4.69) is 0 Å². The molecule has 0 bridgehead atoms. The molecule has 0 radical (unpaired) electrons. The van der Waals surface area contributed by atoms with Crippen molar-refractivity contribution in [3.63, 3.8) is 0 Å². The average Bonchev–Trinajstić information content (AvgIpc) is 3.41. The summed E-state index contributed by atoms with van der Waals surface area (Å²) in [5.41, 5.74) is 4.40. The summed E-state index contributed by atoms with van der Waals surface area (Å²) in [6.07, 6.45) is 0. The first-order valence-corrected chi connectivity index (χ1v) is 12.3. The fourth-order valence-electron chi connectivity index (χ4n) is 4.36. The van der Waals surface area contributed by atoms with E-state index in [1.54, 1.807) is 12.1 Å². The van der Waals surface area contributed by atoms with E-state index in [1.165, 1.54) is 18.9 Å². The second kappa shape index (κ2) is 11.5. The van der Waals surface area contributed by atoms with Gasteiger partial charge in [-0.1, -0.05) is 84.9 Å². The van der Waals surface area contributed by atoms with Crippen molar-refractivity contribution < 1.29 is 23.8 Å². The molecule has 0 atom stereocenters. The molecule has 0 unspecified atom stereocenters. The van der Waals surface area contributed by atoms with Crippen LogP contribution in [0, 0.1) is 0 Å². The van der Waals surface area contributed by atoms with Crippen molar-refractivity contribution in [2.45, 2.75) is 6.61 Å². The third-order valence-electron chi connectivity index (χ3n) is 6.25. The highest BCUT2D eigenvalue weighted by Crippen LogP contribution is 2.36. The van der Waals surface area contributed by atoms with E-state index in [4.69, 9.17) is 19.3 Å². The standard InChI is InChI=1S/C32H26N2O5/c1-37-31(35)28-29(33-34(30(28)32(36)38-2)24-13-7-4-8-14-24)27-16-10-9-15-26(27)23-17-19-25(20-18-23)39-21-22-11-5-3-6-12-22/h3-20H,21H2,1-2H3. The summed E-state index contributed by atoms with van der Waals surface area (Å²) in [7, 11) is 2.54. The van der Waals surface area contributed by atoms with Gasteiger partial charge >= 0.3 is 11.9 Å². The zero-order valence-corrected chi connectivity index (χ0v) is 21.5. The van der Waals surface area contributed by atoms with Crippen LogP contribution < -0.4 is 4.74 Å². The van der Waals surface area contributed by atoms with E-state index in [-0.39, 0.29) is 11.3 Å². The van der Waals surface area contributed by atoms with Gasteiger partial charge in [-0.15, -0.1) is 0 Å². The molecule has 0 fully saturated rings. The van der Waals surface area contributed by atoms with Crippen molar-refractivity contribution in [2.75, 3.05) is 14.2 Å². The first-order valence-electron chi connectivity index (χ1n) is 12.3. The van der Waals surface area contributed by atoms with Crippen LogP contribution in [0.2, 0.25) is 0 Å². The molecule has 0 saturated carbocycles. The number of carbonyl (C=O) groups is 2. The predicted octanol–water partition coefficient (Wildman–Crippen LogP) is 6.36. The first-order chi connectivity index (χ1) is 19.1. The third-order valence-corrected chi connectivity index (χ3v) is 6.25. The Morgan fingerprint density at radius 1 is 0.692 bits per heavy atom. The Kier molecular flexibility index (Phi) is 7.50. The number of hydrogen-bond donors (Lipinski definition) is 0. The van der Waals surface area contributed by atoms with E-state index >= 15 is 0 Å². The van der Waals surface area contributed by atoms with Crippen LogP contribution in [0.1, 0.15) is 26.4 Å². The molecular formula is C32H26N2O5. The lowest BCUT2D eigenvalue weighted by Gasteiger charge is -2.11. The van der Waals surface area contributed by atoms with Crippen molar-refractivity contribution in [3.8, 4) is 33.8 Å². The summed E-state index contributed by atoms with van der Waals surface area (Å²) < 4.78 is 17.5. The molecule has 39 heavy (non-hydrogen) atoms. The van der Waals surface area contributed by atoms with Gasteiger partial charge in [0.05, 0.1) is 19.9 Å². The van der Waals surface area contributed by atoms with Crippen LogP contribution in [0.5, 0.6) is 5.75 Å². The molecule has 194 valence electrons. The van der Waals surface area contributed by atoms with E-state index in [0.717, 1.165) is 22.4 Å². The molecule has 7 nitrogen and oxygen atoms in total. The minimum Gasteiger partial charge on any atom is -0.489 e. The number of benzene rings is 4. The van der Waals surface area contributed by atoms with Gasteiger partial charge in [0, 0.05) is 5.56 Å². The number of esters is 2. The van der Waals surface area contributed by atoms with Crippen LogP contribution in [0.3, 0.4) is 0 Å². The minimum atomic E-state index is -0.699. The molecule has 0 spiro atoms. The Morgan fingerprint density at radius 2 is 1.28 bits per heavy atom. The Bertz CT molecular complexity index is 1590. The van der Waals surface area contributed by atoms with E-state index in [0.29, 0.717) is 23.6 Å². The summed E-state index contributed by atoms with van der Waals surface area (Å²) in [5, 5.41) is 4.75. The van der Waals surface area contributed by atoms with E-state index in [9.17, 15) is 9.59 Å². The highest BCUT2D eigenvalue weighted by Gasteiger charge is 2.32. The lowest BCUT2D eigenvalue weighted by molar-refractivity contribution is 0.0549. The predicted molar refractivity (Wildman–Crippen MR) is 148 cm³/mol. The lowest BCUT2D eigenvalue weighted by Crippen LogP contribution is -2.15. The first kappa shape index (κ1) is 25.5. The molecular weight excluding hydrogens is 492 g/mol. The van der Waals surface area contributed by atoms with Crippen molar-refractivity contribution in [2.24, 2.45) is 0 Å². The zero-order valence-electron chi connectivity index (χ0n) is 21.5. The van der Waals surface area contributed by atoms with E-state index in [1.807, 2.05) is 97.1 Å². The van der Waals surface area contributed by atoms with Gasteiger partial charge in [-0.05, 0) is 41.0 Å². The van der Waals surface area contributed by atoms with Gasteiger partial charge in [-0.25, -0.2) is 14.3 Å². The van der Waals surface area contributed by atoms with Crippen molar-refractivity contribution >= 4 is 11.9 Å². The summed E-state index contributed by atoms with van der Waals surface area (Å²) in [4.78, 5) is 26.0. The maximum absolute atomic E-state index is 13.1. The van der Waals surface area contributed by atoms with Crippen LogP contribution in [0.4, 0.5) is 0 Å². The van der Waals surface area contributed by atoms with Gasteiger partial charge in [0.2, 0.25) is 0 Å². The van der Waals surface area contributed by atoms with Crippen molar-refractivity contribution in [1.82, 2.24) is 9.78 Å². The summed E-state index contributed by atoms with van der Waals surface area (Å²) in [6.45, 7) is 0.465. The largest absolute Gasteiger partial charge is 0.489 e. The number of para-hydroxylation sites is 1. The summed E-state index contributed by atoms with van der Waals surface area (Å²) in [5.74, 6) is -0.654. The number of nitrogens with zero attached hydrogens (tertiary/aromatic N) is 2. The Labute approximate surface area is 226 Å². The summed E-state index contributed by atoms with van der Waals surface area (Å²) >= 11 is 0. The molecule has 0 saturated heterocycles. The zero-order chi connectivity index (χ0) is 27.2. The highest BCUT2D eigenvalue weighted by atomic mass is 16.5. The molecule has 0 aliphatic heterocycles. The van der Waals surface area contributed by atoms with Crippen molar-refractivity contribution in [3.05, 3.63) is 126 Å². The molecule has 5 rings (SSSR count). The molecule has 5 aromatic rings. The molecule has 0 N–H and O–H groups in total. The number of hydrogen-bond acceptors (Lipinski definition) is 6. The molecule has 7 heteroatoms. The van der Waals surface area contributed by atoms with Gasteiger partial charge in [0.1, 0.15) is 23.6 Å². The Hall–Kier alpha value is -5.17. The number of aromatic nitrogens is 2. The van der Waals surface area contributed by atoms with E-state index < -0.39 is 11.9 Å².